The van der Waals surface area contributed by atoms with Crippen molar-refractivity contribution in [2.45, 2.75) is 76.2 Å². The Hall–Kier alpha value is -1.08. The van der Waals surface area contributed by atoms with Gasteiger partial charge in [0.05, 0.1) is 0 Å². The van der Waals surface area contributed by atoms with Gasteiger partial charge in [-0.25, -0.2) is 0 Å². The first-order chi connectivity index (χ1) is 10.2. The van der Waals surface area contributed by atoms with Crippen LogP contribution in [0.2, 0.25) is 0 Å². The van der Waals surface area contributed by atoms with Crippen molar-refractivity contribution in [3.8, 4) is 0 Å². The van der Waals surface area contributed by atoms with E-state index in [2.05, 4.69) is 25.1 Å². The number of fused-ring (bicyclic) bond motifs is 1. The lowest BCUT2D eigenvalue weighted by Crippen LogP contribution is -2.06. The average Bonchev–Trinajstić information content (AvgIpc) is 3.21. The third-order valence-corrected chi connectivity index (χ3v) is 5.99. The summed E-state index contributed by atoms with van der Waals surface area (Å²) in [6.07, 6.45) is 12.8. The Morgan fingerprint density at radius 2 is 1.33 bits per heavy atom. The van der Waals surface area contributed by atoms with Crippen LogP contribution in [0.5, 0.6) is 0 Å². The molecule has 1 unspecified atom stereocenters. The third-order valence-electron chi connectivity index (χ3n) is 5.99. The first-order valence-electron chi connectivity index (χ1n) is 8.78. The molecule has 4 rings (SSSR count). The van der Waals surface area contributed by atoms with Crippen molar-refractivity contribution in [2.24, 2.45) is 0 Å². The van der Waals surface area contributed by atoms with Crippen molar-refractivity contribution in [1.82, 2.24) is 0 Å². The Kier molecular flexibility index (Phi) is 3.41. The summed E-state index contributed by atoms with van der Waals surface area (Å²) in [7, 11) is 0. The summed E-state index contributed by atoms with van der Waals surface area (Å²) < 4.78 is 0. The van der Waals surface area contributed by atoms with Gasteiger partial charge >= 0.3 is 0 Å². The molecule has 0 bridgehead atoms. The molecule has 1 aromatic rings. The van der Waals surface area contributed by atoms with E-state index in [1.807, 2.05) is 0 Å². The molecular weight excluding hydrogens is 256 g/mol. The zero-order valence-electron chi connectivity index (χ0n) is 13.1. The molecule has 0 amide bonds. The Balaban J connectivity index is 1.80. The van der Waals surface area contributed by atoms with Crippen LogP contribution in [0, 0.1) is 0 Å². The van der Waals surface area contributed by atoms with E-state index in [4.69, 9.17) is 0 Å². The van der Waals surface area contributed by atoms with Crippen LogP contribution in [-0.2, 0) is 0 Å². The summed E-state index contributed by atoms with van der Waals surface area (Å²) in [4.78, 5) is 0. The van der Waals surface area contributed by atoms with Crippen LogP contribution in [0.3, 0.4) is 0 Å². The second-order valence-electron chi connectivity index (χ2n) is 7.36. The average molecular weight is 282 g/mol. The van der Waals surface area contributed by atoms with E-state index in [0.29, 0.717) is 0 Å². The topological polar surface area (TPSA) is 20.2 Å². The molecule has 2 fully saturated rings. The fourth-order valence-corrected chi connectivity index (χ4v) is 4.78. The van der Waals surface area contributed by atoms with Gasteiger partial charge in [0.1, 0.15) is 6.10 Å². The summed E-state index contributed by atoms with van der Waals surface area (Å²) in [6, 6.07) is 4.80. The molecule has 0 aliphatic heterocycles. The van der Waals surface area contributed by atoms with Gasteiger partial charge in [-0.2, -0.15) is 0 Å². The van der Waals surface area contributed by atoms with Crippen LogP contribution in [0.15, 0.2) is 17.7 Å². The standard InChI is InChI=1S/C20H26O/c1-13-10-16-11-17(14-6-2-3-7-14)18(12-19(16)20(13)21)15-8-4-5-9-15/h10-12,14-15,20-21H,2-9H2,1H3. The van der Waals surface area contributed by atoms with E-state index in [0.717, 1.165) is 23.0 Å². The number of hydrogen-bond acceptors (Lipinski definition) is 1. The number of hydrogen-bond donors (Lipinski definition) is 1. The molecule has 0 aromatic heterocycles. The number of rotatable bonds is 2. The second kappa shape index (κ2) is 5.28. The third kappa shape index (κ3) is 2.26. The van der Waals surface area contributed by atoms with Gasteiger partial charge in [-0.3, -0.25) is 0 Å². The number of aliphatic hydroxyl groups is 1. The van der Waals surface area contributed by atoms with Crippen LogP contribution in [0.25, 0.3) is 6.08 Å². The van der Waals surface area contributed by atoms with Crippen molar-refractivity contribution >= 4 is 6.08 Å². The highest BCUT2D eigenvalue weighted by Crippen LogP contribution is 2.46. The van der Waals surface area contributed by atoms with Crippen LogP contribution < -0.4 is 0 Å². The molecule has 21 heavy (non-hydrogen) atoms. The van der Waals surface area contributed by atoms with Gasteiger partial charge in [0, 0.05) is 0 Å². The molecule has 3 aliphatic carbocycles. The van der Waals surface area contributed by atoms with E-state index in [1.54, 1.807) is 11.1 Å². The molecule has 0 saturated heterocycles. The predicted molar refractivity (Wildman–Crippen MR) is 87.5 cm³/mol. The zero-order chi connectivity index (χ0) is 14.4. The van der Waals surface area contributed by atoms with Gasteiger partial charge in [-0.1, -0.05) is 43.9 Å². The van der Waals surface area contributed by atoms with E-state index in [1.165, 1.54) is 56.9 Å². The predicted octanol–water partition coefficient (Wildman–Crippen LogP) is 5.45. The molecule has 1 nitrogen and oxygen atoms in total. The maximum Gasteiger partial charge on any atom is 0.101 e. The van der Waals surface area contributed by atoms with Crippen molar-refractivity contribution < 1.29 is 5.11 Å². The summed E-state index contributed by atoms with van der Waals surface area (Å²) in [5.41, 5.74) is 6.75. The molecule has 112 valence electrons. The minimum Gasteiger partial charge on any atom is -0.384 e. The molecule has 2 saturated carbocycles. The molecule has 3 aliphatic rings. The maximum absolute atomic E-state index is 10.4. The molecular formula is C20H26O. The Morgan fingerprint density at radius 3 is 1.90 bits per heavy atom. The maximum atomic E-state index is 10.4. The molecule has 1 aromatic carbocycles. The minimum atomic E-state index is -0.363. The fourth-order valence-electron chi connectivity index (χ4n) is 4.78. The van der Waals surface area contributed by atoms with Gasteiger partial charge < -0.3 is 5.11 Å². The van der Waals surface area contributed by atoms with Gasteiger partial charge in [0.25, 0.3) is 0 Å². The molecule has 1 atom stereocenters. The molecule has 1 N–H and O–H groups in total. The van der Waals surface area contributed by atoms with E-state index >= 15 is 0 Å². The SMILES string of the molecule is CC1=Cc2cc(C3CCCC3)c(C3CCCC3)cc2C1O. The minimum absolute atomic E-state index is 0.363. The fraction of sp³-hybridized carbons (Fsp3) is 0.600. The molecule has 1 heteroatoms. The zero-order valence-corrected chi connectivity index (χ0v) is 13.1. The van der Waals surface area contributed by atoms with Crippen molar-refractivity contribution in [3.63, 3.8) is 0 Å². The van der Waals surface area contributed by atoms with Crippen LogP contribution in [-0.4, -0.2) is 5.11 Å². The first-order valence-corrected chi connectivity index (χ1v) is 8.78. The van der Waals surface area contributed by atoms with Gasteiger partial charge in [-0.15, -0.1) is 0 Å². The highest BCUT2D eigenvalue weighted by atomic mass is 16.3. The highest BCUT2D eigenvalue weighted by molar-refractivity contribution is 5.67. The highest BCUT2D eigenvalue weighted by Gasteiger charge is 2.29. The molecule has 0 heterocycles. The van der Waals surface area contributed by atoms with Gasteiger partial charge in [0.15, 0.2) is 0 Å². The van der Waals surface area contributed by atoms with Gasteiger partial charge in [0.2, 0.25) is 0 Å². The summed E-state index contributed by atoms with van der Waals surface area (Å²) in [5, 5.41) is 10.4. The van der Waals surface area contributed by atoms with E-state index in [-0.39, 0.29) is 6.10 Å². The summed E-state index contributed by atoms with van der Waals surface area (Å²) in [6.45, 7) is 2.05. The van der Waals surface area contributed by atoms with Crippen LogP contribution in [0.1, 0.15) is 98.5 Å². The quantitative estimate of drug-likeness (QED) is 0.764. The number of aliphatic hydroxyl groups excluding tert-OH is 1. The largest absolute Gasteiger partial charge is 0.384 e. The lowest BCUT2D eigenvalue weighted by molar-refractivity contribution is 0.219. The van der Waals surface area contributed by atoms with Crippen molar-refractivity contribution in [2.75, 3.05) is 0 Å². The van der Waals surface area contributed by atoms with Crippen LogP contribution in [0.4, 0.5) is 0 Å². The Bertz CT molecular complexity index is 572. The lowest BCUT2D eigenvalue weighted by atomic mass is 9.83. The van der Waals surface area contributed by atoms with Crippen molar-refractivity contribution in [3.05, 3.63) is 40.0 Å². The summed E-state index contributed by atoms with van der Waals surface area (Å²) >= 11 is 0. The van der Waals surface area contributed by atoms with Gasteiger partial charge in [-0.05, 0) is 72.3 Å². The van der Waals surface area contributed by atoms with E-state index in [9.17, 15) is 5.11 Å². The monoisotopic (exact) mass is 282 g/mol. The van der Waals surface area contributed by atoms with E-state index < -0.39 is 0 Å². The Labute approximate surface area is 128 Å². The normalized spacial score (nSPS) is 26.4. The summed E-state index contributed by atoms with van der Waals surface area (Å²) in [5.74, 6) is 1.52. The van der Waals surface area contributed by atoms with Crippen molar-refractivity contribution in [1.29, 1.82) is 0 Å². The molecule has 0 spiro atoms. The Morgan fingerprint density at radius 1 is 0.810 bits per heavy atom. The lowest BCUT2D eigenvalue weighted by Gasteiger charge is -2.22. The first kappa shape index (κ1) is 13.6. The molecule has 0 radical (unpaired) electrons. The second-order valence-corrected chi connectivity index (χ2v) is 7.36. The smallest absolute Gasteiger partial charge is 0.101 e. The van der Waals surface area contributed by atoms with Crippen LogP contribution >= 0.6 is 0 Å². The number of benzene rings is 1.